The largest absolute Gasteiger partial charge is 0.338 e. The molecule has 0 saturated heterocycles. The first-order valence-electron chi connectivity index (χ1n) is 4.23. The summed E-state index contributed by atoms with van der Waals surface area (Å²) >= 11 is 0. The van der Waals surface area contributed by atoms with Crippen LogP contribution in [0.25, 0.3) is 0 Å². The fourth-order valence-electron chi connectivity index (χ4n) is 0.761. The minimum absolute atomic E-state index is 0.0128. The first-order valence-corrected chi connectivity index (χ1v) is 4.23. The zero-order valence-corrected chi connectivity index (χ0v) is 7.18. The van der Waals surface area contributed by atoms with Crippen molar-refractivity contribution in [1.29, 1.82) is 0 Å². The quantitative estimate of drug-likeness (QED) is 0.631. The third-order valence-corrected chi connectivity index (χ3v) is 1.58. The second kappa shape index (κ2) is 3.60. The smallest absolute Gasteiger partial charge is 0.315 e. The van der Waals surface area contributed by atoms with Gasteiger partial charge in [-0.2, -0.15) is 0 Å². The monoisotopic (exact) mass is 156 g/mol. The van der Waals surface area contributed by atoms with Crippen molar-refractivity contribution in [2.24, 2.45) is 5.92 Å². The van der Waals surface area contributed by atoms with E-state index in [1.807, 2.05) is 0 Å². The second-order valence-corrected chi connectivity index (χ2v) is 3.52. The van der Waals surface area contributed by atoms with Crippen molar-refractivity contribution >= 4 is 6.03 Å². The van der Waals surface area contributed by atoms with E-state index in [0.29, 0.717) is 12.0 Å². The fourth-order valence-corrected chi connectivity index (χ4v) is 0.761. The molecule has 1 aliphatic carbocycles. The Labute approximate surface area is 67.5 Å². The molecule has 1 aliphatic rings. The maximum atomic E-state index is 11.0. The maximum absolute atomic E-state index is 11.0. The molecule has 11 heavy (non-hydrogen) atoms. The summed E-state index contributed by atoms with van der Waals surface area (Å²) in [5.74, 6) is 0.528. The van der Waals surface area contributed by atoms with Crippen molar-refractivity contribution in [2.45, 2.75) is 32.7 Å². The van der Waals surface area contributed by atoms with Crippen LogP contribution in [-0.4, -0.2) is 18.6 Å². The van der Waals surface area contributed by atoms with Gasteiger partial charge in [0, 0.05) is 12.6 Å². The van der Waals surface area contributed by atoms with Crippen LogP contribution in [0.1, 0.15) is 26.7 Å². The Morgan fingerprint density at radius 2 is 2.18 bits per heavy atom. The molecule has 1 saturated carbocycles. The van der Waals surface area contributed by atoms with Crippen molar-refractivity contribution in [2.75, 3.05) is 6.54 Å². The van der Waals surface area contributed by atoms with E-state index in [9.17, 15) is 4.79 Å². The normalized spacial score (nSPS) is 16.6. The Bertz CT molecular complexity index is 141. The maximum Gasteiger partial charge on any atom is 0.315 e. The molecule has 64 valence electrons. The molecule has 0 atom stereocenters. The van der Waals surface area contributed by atoms with Gasteiger partial charge in [0.25, 0.3) is 0 Å². The molecule has 0 aromatic heterocycles. The molecular formula is C8H16N2O. The van der Waals surface area contributed by atoms with Crippen LogP contribution in [0.3, 0.4) is 0 Å². The highest BCUT2D eigenvalue weighted by atomic mass is 16.2. The summed E-state index contributed by atoms with van der Waals surface area (Å²) in [6.07, 6.45) is 2.30. The molecule has 0 unspecified atom stereocenters. The second-order valence-electron chi connectivity index (χ2n) is 3.52. The highest BCUT2D eigenvalue weighted by Crippen LogP contribution is 2.18. The van der Waals surface area contributed by atoms with Crippen LogP contribution in [0.5, 0.6) is 0 Å². The molecule has 0 spiro atoms. The highest BCUT2D eigenvalue weighted by molar-refractivity contribution is 5.74. The molecule has 0 radical (unpaired) electrons. The van der Waals surface area contributed by atoms with E-state index in [1.54, 1.807) is 0 Å². The van der Waals surface area contributed by atoms with Crippen LogP contribution in [0.2, 0.25) is 0 Å². The first-order chi connectivity index (χ1) is 5.18. The van der Waals surface area contributed by atoms with Gasteiger partial charge in [0.05, 0.1) is 0 Å². The van der Waals surface area contributed by atoms with Gasteiger partial charge >= 0.3 is 6.03 Å². The summed E-state index contributed by atoms with van der Waals surface area (Å²) in [4.78, 5) is 11.0. The lowest BCUT2D eigenvalue weighted by molar-refractivity contribution is 0.239. The standard InChI is InChI=1S/C8H16N2O/c1-6(2)5-9-8(11)10-7-3-4-7/h6-7H,3-5H2,1-2H3,(H2,9,10,11). The number of carbonyl (C=O) groups excluding carboxylic acids is 1. The summed E-state index contributed by atoms with van der Waals surface area (Å²) in [6, 6.07) is 0.448. The zero-order chi connectivity index (χ0) is 8.27. The molecule has 1 rings (SSSR count). The third-order valence-electron chi connectivity index (χ3n) is 1.58. The number of urea groups is 1. The van der Waals surface area contributed by atoms with E-state index in [1.165, 1.54) is 0 Å². The van der Waals surface area contributed by atoms with Gasteiger partial charge in [-0.1, -0.05) is 13.8 Å². The SMILES string of the molecule is CC(C)CNC(=O)NC1CC1. The molecule has 2 N–H and O–H groups in total. The topological polar surface area (TPSA) is 41.1 Å². The molecule has 0 aliphatic heterocycles. The third kappa shape index (κ3) is 3.86. The summed E-state index contributed by atoms with van der Waals surface area (Å²) in [5, 5.41) is 5.66. The molecule has 0 heterocycles. The van der Waals surface area contributed by atoms with Gasteiger partial charge in [-0.05, 0) is 18.8 Å². The number of rotatable bonds is 3. The van der Waals surface area contributed by atoms with Gasteiger partial charge in [0.15, 0.2) is 0 Å². The molecule has 0 aromatic rings. The van der Waals surface area contributed by atoms with Crippen LogP contribution in [-0.2, 0) is 0 Å². The molecule has 2 amide bonds. The van der Waals surface area contributed by atoms with E-state index in [-0.39, 0.29) is 6.03 Å². The summed E-state index contributed by atoms with van der Waals surface area (Å²) in [7, 11) is 0. The lowest BCUT2D eigenvalue weighted by Gasteiger charge is -2.07. The molecule has 3 nitrogen and oxygen atoms in total. The number of amides is 2. The van der Waals surface area contributed by atoms with Crippen molar-refractivity contribution in [3.05, 3.63) is 0 Å². The minimum Gasteiger partial charge on any atom is -0.338 e. The van der Waals surface area contributed by atoms with Crippen LogP contribution in [0.15, 0.2) is 0 Å². The Kier molecular flexibility index (Phi) is 2.74. The molecule has 3 heteroatoms. The van der Waals surface area contributed by atoms with E-state index in [0.717, 1.165) is 19.4 Å². The summed E-state index contributed by atoms with van der Waals surface area (Å²) < 4.78 is 0. The van der Waals surface area contributed by atoms with E-state index in [2.05, 4.69) is 24.5 Å². The van der Waals surface area contributed by atoms with Crippen molar-refractivity contribution in [3.63, 3.8) is 0 Å². The minimum atomic E-state index is -0.0128. The number of carbonyl (C=O) groups is 1. The van der Waals surface area contributed by atoms with Gasteiger partial charge < -0.3 is 10.6 Å². The molecule has 0 bridgehead atoms. The van der Waals surface area contributed by atoms with Gasteiger partial charge in [-0.25, -0.2) is 4.79 Å². The summed E-state index contributed by atoms with van der Waals surface area (Å²) in [6.45, 7) is 4.92. The predicted molar refractivity (Wildman–Crippen MR) is 44.4 cm³/mol. The Hall–Kier alpha value is -0.730. The van der Waals surface area contributed by atoms with Gasteiger partial charge in [0.1, 0.15) is 0 Å². The Morgan fingerprint density at radius 1 is 1.55 bits per heavy atom. The Morgan fingerprint density at radius 3 is 2.64 bits per heavy atom. The van der Waals surface area contributed by atoms with E-state index >= 15 is 0 Å². The van der Waals surface area contributed by atoms with Crippen LogP contribution in [0.4, 0.5) is 4.79 Å². The highest BCUT2D eigenvalue weighted by Gasteiger charge is 2.22. The van der Waals surface area contributed by atoms with Gasteiger partial charge in [-0.15, -0.1) is 0 Å². The average Bonchev–Trinajstić information content (AvgIpc) is 2.67. The van der Waals surface area contributed by atoms with Crippen LogP contribution >= 0.6 is 0 Å². The predicted octanol–water partition coefficient (Wildman–Crippen LogP) is 1.10. The average molecular weight is 156 g/mol. The lowest BCUT2D eigenvalue weighted by Crippen LogP contribution is -2.38. The van der Waals surface area contributed by atoms with Crippen molar-refractivity contribution in [1.82, 2.24) is 10.6 Å². The number of hydrogen-bond acceptors (Lipinski definition) is 1. The van der Waals surface area contributed by atoms with Crippen LogP contribution < -0.4 is 10.6 Å². The van der Waals surface area contributed by atoms with E-state index < -0.39 is 0 Å². The van der Waals surface area contributed by atoms with Crippen molar-refractivity contribution in [3.8, 4) is 0 Å². The molecule has 0 aromatic carbocycles. The van der Waals surface area contributed by atoms with Gasteiger partial charge in [0.2, 0.25) is 0 Å². The molecule has 1 fully saturated rings. The number of nitrogens with one attached hydrogen (secondary N) is 2. The van der Waals surface area contributed by atoms with Crippen LogP contribution in [0, 0.1) is 5.92 Å². The summed E-state index contributed by atoms with van der Waals surface area (Å²) in [5.41, 5.74) is 0. The van der Waals surface area contributed by atoms with E-state index in [4.69, 9.17) is 0 Å². The fraction of sp³-hybridized carbons (Fsp3) is 0.875. The first kappa shape index (κ1) is 8.37. The Balaban J connectivity index is 2.00. The molecular weight excluding hydrogens is 140 g/mol. The lowest BCUT2D eigenvalue weighted by atomic mass is 10.2. The number of hydrogen-bond donors (Lipinski definition) is 2. The zero-order valence-electron chi connectivity index (χ0n) is 7.18. The van der Waals surface area contributed by atoms with Gasteiger partial charge in [-0.3, -0.25) is 0 Å². The van der Waals surface area contributed by atoms with Crippen molar-refractivity contribution < 1.29 is 4.79 Å².